The Morgan fingerprint density at radius 3 is 2.62 bits per heavy atom. The Hall–Kier alpha value is -0.640. The Morgan fingerprint density at radius 1 is 1.38 bits per heavy atom. The highest BCUT2D eigenvalue weighted by Crippen LogP contribution is 2.10. The van der Waals surface area contributed by atoms with Gasteiger partial charge in [-0.2, -0.15) is 0 Å². The van der Waals surface area contributed by atoms with Crippen LogP contribution in [0.25, 0.3) is 0 Å². The number of nitrogens with one attached hydrogen (secondary N) is 1. The van der Waals surface area contributed by atoms with Crippen LogP contribution in [0.1, 0.15) is 11.1 Å². The van der Waals surface area contributed by atoms with E-state index in [2.05, 4.69) is 17.3 Å². The fourth-order valence-corrected chi connectivity index (χ4v) is 1.50. The lowest BCUT2D eigenvalue weighted by Crippen LogP contribution is -2.26. The standard InChI is InChI=1S/C12H19FN2.ClH/c1-10-8-11(4-5-12(10)13)9-15(3)7-6-14-2;/h4-5,8,14H,6-7,9H2,1-3H3;1H. The summed E-state index contributed by atoms with van der Waals surface area (Å²) in [5.41, 5.74) is 1.88. The highest BCUT2D eigenvalue weighted by Gasteiger charge is 2.02. The second-order valence-electron chi connectivity index (χ2n) is 3.92. The molecule has 92 valence electrons. The molecule has 4 heteroatoms. The van der Waals surface area contributed by atoms with Gasteiger partial charge in [-0.1, -0.05) is 12.1 Å². The number of rotatable bonds is 5. The first-order chi connectivity index (χ1) is 7.13. The van der Waals surface area contributed by atoms with Crippen molar-refractivity contribution < 1.29 is 4.39 Å². The summed E-state index contributed by atoms with van der Waals surface area (Å²) < 4.78 is 13.0. The van der Waals surface area contributed by atoms with Gasteiger partial charge in [0, 0.05) is 19.6 Å². The largest absolute Gasteiger partial charge is 0.318 e. The minimum Gasteiger partial charge on any atom is -0.318 e. The van der Waals surface area contributed by atoms with Crippen molar-refractivity contribution in [1.29, 1.82) is 0 Å². The van der Waals surface area contributed by atoms with Crippen LogP contribution < -0.4 is 5.32 Å². The van der Waals surface area contributed by atoms with Crippen molar-refractivity contribution >= 4 is 12.4 Å². The smallest absolute Gasteiger partial charge is 0.126 e. The van der Waals surface area contributed by atoms with E-state index in [1.54, 1.807) is 6.92 Å². The molecule has 0 bridgehead atoms. The van der Waals surface area contributed by atoms with Crippen molar-refractivity contribution in [3.8, 4) is 0 Å². The lowest BCUT2D eigenvalue weighted by molar-refractivity contribution is 0.328. The molecule has 0 heterocycles. The fraction of sp³-hybridized carbons (Fsp3) is 0.500. The summed E-state index contributed by atoms with van der Waals surface area (Å²) in [7, 11) is 4.01. The SMILES string of the molecule is CNCCN(C)Cc1ccc(F)c(C)c1.Cl. The average Bonchev–Trinajstić information content (AvgIpc) is 2.20. The maximum atomic E-state index is 13.0. The first-order valence-corrected chi connectivity index (χ1v) is 5.21. The first-order valence-electron chi connectivity index (χ1n) is 5.21. The zero-order chi connectivity index (χ0) is 11.3. The summed E-state index contributed by atoms with van der Waals surface area (Å²) in [4.78, 5) is 2.21. The van der Waals surface area contributed by atoms with E-state index in [0.717, 1.165) is 30.8 Å². The molecule has 0 radical (unpaired) electrons. The molecule has 1 N–H and O–H groups in total. The van der Waals surface area contributed by atoms with Crippen molar-refractivity contribution in [2.75, 3.05) is 27.2 Å². The fourth-order valence-electron chi connectivity index (χ4n) is 1.50. The van der Waals surface area contributed by atoms with E-state index in [0.29, 0.717) is 0 Å². The maximum Gasteiger partial charge on any atom is 0.126 e. The molecule has 1 aromatic rings. The van der Waals surface area contributed by atoms with Gasteiger partial charge in [0.05, 0.1) is 0 Å². The molecule has 16 heavy (non-hydrogen) atoms. The number of benzene rings is 1. The highest BCUT2D eigenvalue weighted by atomic mass is 35.5. The van der Waals surface area contributed by atoms with Gasteiger partial charge in [0.15, 0.2) is 0 Å². The molecule has 0 atom stereocenters. The van der Waals surface area contributed by atoms with Gasteiger partial charge in [-0.25, -0.2) is 4.39 Å². The van der Waals surface area contributed by atoms with Crippen LogP contribution in [0, 0.1) is 12.7 Å². The van der Waals surface area contributed by atoms with Gasteiger partial charge >= 0.3 is 0 Å². The van der Waals surface area contributed by atoms with Crippen molar-refractivity contribution in [1.82, 2.24) is 10.2 Å². The molecule has 0 fully saturated rings. The summed E-state index contributed by atoms with van der Waals surface area (Å²) >= 11 is 0. The van der Waals surface area contributed by atoms with Gasteiger partial charge in [0.1, 0.15) is 5.82 Å². The van der Waals surface area contributed by atoms with Crippen LogP contribution in [0.3, 0.4) is 0 Å². The molecular weight excluding hydrogens is 227 g/mol. The third-order valence-corrected chi connectivity index (χ3v) is 2.42. The average molecular weight is 247 g/mol. The van der Waals surface area contributed by atoms with Crippen LogP contribution in [0.15, 0.2) is 18.2 Å². The molecule has 0 aliphatic carbocycles. The lowest BCUT2D eigenvalue weighted by atomic mass is 10.1. The predicted molar refractivity (Wildman–Crippen MR) is 68.6 cm³/mol. The van der Waals surface area contributed by atoms with E-state index >= 15 is 0 Å². The summed E-state index contributed by atoms with van der Waals surface area (Å²) in [5.74, 6) is -0.128. The normalized spacial score (nSPS) is 10.3. The minimum absolute atomic E-state index is 0. The number of halogens is 2. The number of nitrogens with zero attached hydrogens (tertiary/aromatic N) is 1. The van der Waals surface area contributed by atoms with Gasteiger partial charge in [-0.3, -0.25) is 0 Å². The molecule has 0 aliphatic rings. The van der Waals surface area contributed by atoms with E-state index in [1.165, 1.54) is 6.07 Å². The van der Waals surface area contributed by atoms with Gasteiger partial charge in [0.2, 0.25) is 0 Å². The first kappa shape index (κ1) is 15.4. The predicted octanol–water partition coefficient (Wildman–Crippen LogP) is 2.21. The van der Waals surface area contributed by atoms with Crippen LogP contribution in [0.2, 0.25) is 0 Å². The minimum atomic E-state index is -0.128. The molecule has 0 aromatic heterocycles. The van der Waals surface area contributed by atoms with Gasteiger partial charge < -0.3 is 10.2 Å². The quantitative estimate of drug-likeness (QED) is 0.857. The van der Waals surface area contributed by atoms with Gasteiger partial charge in [0.25, 0.3) is 0 Å². The van der Waals surface area contributed by atoms with Crippen LogP contribution in [0.5, 0.6) is 0 Å². The van der Waals surface area contributed by atoms with Crippen LogP contribution in [-0.2, 0) is 6.54 Å². The second kappa shape index (κ2) is 7.60. The second-order valence-corrected chi connectivity index (χ2v) is 3.92. The van der Waals surface area contributed by atoms with Crippen molar-refractivity contribution in [2.24, 2.45) is 0 Å². The van der Waals surface area contributed by atoms with Crippen LogP contribution >= 0.6 is 12.4 Å². The van der Waals surface area contributed by atoms with Crippen LogP contribution in [0.4, 0.5) is 4.39 Å². The summed E-state index contributed by atoms with van der Waals surface area (Å²) in [6.45, 7) is 4.62. The number of hydrogen-bond donors (Lipinski definition) is 1. The zero-order valence-electron chi connectivity index (χ0n) is 10.1. The molecule has 1 aromatic carbocycles. The Bertz CT molecular complexity index is 318. The van der Waals surface area contributed by atoms with E-state index in [4.69, 9.17) is 0 Å². The van der Waals surface area contributed by atoms with Crippen molar-refractivity contribution in [3.05, 3.63) is 35.1 Å². The molecule has 0 saturated carbocycles. The van der Waals surface area contributed by atoms with E-state index in [-0.39, 0.29) is 18.2 Å². The van der Waals surface area contributed by atoms with E-state index in [1.807, 2.05) is 19.2 Å². The lowest BCUT2D eigenvalue weighted by Gasteiger charge is -2.16. The van der Waals surface area contributed by atoms with Gasteiger partial charge in [-0.15, -0.1) is 12.4 Å². The molecule has 0 aliphatic heterocycles. The number of hydrogen-bond acceptors (Lipinski definition) is 2. The third kappa shape index (κ3) is 4.92. The molecule has 0 amide bonds. The van der Waals surface area contributed by atoms with Crippen molar-refractivity contribution in [2.45, 2.75) is 13.5 Å². The molecule has 0 spiro atoms. The summed E-state index contributed by atoms with van der Waals surface area (Å²) in [6, 6.07) is 5.29. The molecule has 1 rings (SSSR count). The Labute approximate surface area is 103 Å². The monoisotopic (exact) mass is 246 g/mol. The molecule has 2 nitrogen and oxygen atoms in total. The Morgan fingerprint density at radius 2 is 2.06 bits per heavy atom. The van der Waals surface area contributed by atoms with Gasteiger partial charge in [-0.05, 0) is 38.2 Å². The van der Waals surface area contributed by atoms with E-state index < -0.39 is 0 Å². The molecule has 0 saturated heterocycles. The zero-order valence-corrected chi connectivity index (χ0v) is 10.9. The Balaban J connectivity index is 0.00000225. The topological polar surface area (TPSA) is 15.3 Å². The highest BCUT2D eigenvalue weighted by molar-refractivity contribution is 5.85. The number of likely N-dealkylation sites (N-methyl/N-ethyl adjacent to an activating group) is 2. The number of aryl methyl sites for hydroxylation is 1. The molecule has 0 unspecified atom stereocenters. The van der Waals surface area contributed by atoms with Crippen LogP contribution in [-0.4, -0.2) is 32.1 Å². The third-order valence-electron chi connectivity index (χ3n) is 2.42. The molecular formula is C12H20ClFN2. The Kier molecular flexibility index (Phi) is 7.30. The van der Waals surface area contributed by atoms with E-state index in [9.17, 15) is 4.39 Å². The van der Waals surface area contributed by atoms with Crippen molar-refractivity contribution in [3.63, 3.8) is 0 Å². The summed E-state index contributed by atoms with van der Waals surface area (Å²) in [5, 5.41) is 3.10. The maximum absolute atomic E-state index is 13.0. The summed E-state index contributed by atoms with van der Waals surface area (Å²) in [6.07, 6.45) is 0.